The molecule has 2 aromatic rings. The SMILES string of the molecule is CCOc1nc(Nc2cccc(C(F)(F)F)c2)nc(N2CCN(C(=O)C3CC3)CC2)n1. The Labute approximate surface area is 177 Å². The first kappa shape index (κ1) is 21.1. The van der Waals surface area contributed by atoms with Crippen molar-refractivity contribution in [2.75, 3.05) is 43.0 Å². The van der Waals surface area contributed by atoms with Gasteiger partial charge in [0, 0.05) is 37.8 Å². The van der Waals surface area contributed by atoms with E-state index < -0.39 is 11.7 Å². The number of hydrogen-bond donors (Lipinski definition) is 1. The average molecular weight is 436 g/mol. The topological polar surface area (TPSA) is 83.5 Å². The molecule has 8 nitrogen and oxygen atoms in total. The Hall–Kier alpha value is -3.11. The molecular weight excluding hydrogens is 413 g/mol. The summed E-state index contributed by atoms with van der Waals surface area (Å²) >= 11 is 0. The fraction of sp³-hybridized carbons (Fsp3) is 0.500. The van der Waals surface area contributed by atoms with E-state index >= 15 is 0 Å². The van der Waals surface area contributed by atoms with E-state index in [1.165, 1.54) is 12.1 Å². The van der Waals surface area contributed by atoms with Crippen LogP contribution in [0.25, 0.3) is 0 Å². The maximum atomic E-state index is 13.0. The van der Waals surface area contributed by atoms with E-state index in [0.717, 1.165) is 25.0 Å². The second-order valence-electron chi connectivity index (χ2n) is 7.46. The molecule has 1 saturated carbocycles. The van der Waals surface area contributed by atoms with Gasteiger partial charge < -0.3 is 19.9 Å². The van der Waals surface area contributed by atoms with Crippen molar-refractivity contribution in [3.05, 3.63) is 29.8 Å². The van der Waals surface area contributed by atoms with Crippen molar-refractivity contribution in [2.24, 2.45) is 5.92 Å². The molecule has 0 spiro atoms. The smallest absolute Gasteiger partial charge is 0.416 e. The number of nitrogens with one attached hydrogen (secondary N) is 1. The molecule has 1 aliphatic carbocycles. The summed E-state index contributed by atoms with van der Waals surface area (Å²) in [6, 6.07) is 4.89. The van der Waals surface area contributed by atoms with Crippen molar-refractivity contribution >= 4 is 23.5 Å². The Morgan fingerprint density at radius 2 is 1.90 bits per heavy atom. The molecule has 0 atom stereocenters. The summed E-state index contributed by atoms with van der Waals surface area (Å²) < 4.78 is 44.4. The number of hydrogen-bond acceptors (Lipinski definition) is 7. The van der Waals surface area contributed by atoms with E-state index in [4.69, 9.17) is 4.74 Å². The number of aromatic nitrogens is 3. The maximum absolute atomic E-state index is 13.0. The summed E-state index contributed by atoms with van der Waals surface area (Å²) in [6.45, 7) is 4.36. The van der Waals surface area contributed by atoms with Crippen LogP contribution in [0.3, 0.4) is 0 Å². The van der Waals surface area contributed by atoms with Gasteiger partial charge in [-0.05, 0) is 38.0 Å². The number of halogens is 3. The van der Waals surface area contributed by atoms with E-state index in [2.05, 4.69) is 20.3 Å². The Kier molecular flexibility index (Phi) is 5.84. The van der Waals surface area contributed by atoms with Crippen LogP contribution in [0.5, 0.6) is 6.01 Å². The second-order valence-corrected chi connectivity index (χ2v) is 7.46. The number of benzene rings is 1. The lowest BCUT2D eigenvalue weighted by atomic mass is 10.2. The quantitative estimate of drug-likeness (QED) is 0.745. The molecule has 1 N–H and O–H groups in total. The first-order valence-corrected chi connectivity index (χ1v) is 10.2. The molecule has 31 heavy (non-hydrogen) atoms. The number of piperazine rings is 1. The van der Waals surface area contributed by atoms with Crippen LogP contribution in [0.1, 0.15) is 25.3 Å². The predicted octanol–water partition coefficient (Wildman–Crippen LogP) is 3.09. The minimum atomic E-state index is -4.45. The number of alkyl halides is 3. The summed E-state index contributed by atoms with van der Waals surface area (Å²) in [5, 5.41) is 2.81. The molecule has 1 aromatic carbocycles. The normalized spacial score (nSPS) is 16.9. The van der Waals surface area contributed by atoms with Crippen LogP contribution in [0.2, 0.25) is 0 Å². The van der Waals surface area contributed by atoms with Gasteiger partial charge in [-0.2, -0.15) is 28.1 Å². The molecule has 1 amide bonds. The van der Waals surface area contributed by atoms with Gasteiger partial charge in [-0.25, -0.2) is 0 Å². The monoisotopic (exact) mass is 436 g/mol. The second kappa shape index (κ2) is 8.56. The van der Waals surface area contributed by atoms with Gasteiger partial charge in [-0.15, -0.1) is 0 Å². The van der Waals surface area contributed by atoms with E-state index in [1.54, 1.807) is 6.92 Å². The van der Waals surface area contributed by atoms with Gasteiger partial charge in [0.05, 0.1) is 12.2 Å². The molecule has 0 bridgehead atoms. The zero-order valence-electron chi connectivity index (χ0n) is 17.0. The molecular formula is C20H23F3N6O2. The summed E-state index contributed by atoms with van der Waals surface area (Å²) in [7, 11) is 0. The average Bonchev–Trinajstić information content (AvgIpc) is 3.58. The van der Waals surface area contributed by atoms with Crippen molar-refractivity contribution in [3.8, 4) is 6.01 Å². The van der Waals surface area contributed by atoms with Crippen LogP contribution < -0.4 is 15.0 Å². The van der Waals surface area contributed by atoms with E-state index in [9.17, 15) is 18.0 Å². The molecule has 4 rings (SSSR count). The van der Waals surface area contributed by atoms with Crippen LogP contribution in [0.15, 0.2) is 24.3 Å². The summed E-state index contributed by atoms with van der Waals surface area (Å²) in [6.07, 6.45) is -2.51. The lowest BCUT2D eigenvalue weighted by molar-refractivity contribution is -0.137. The fourth-order valence-electron chi connectivity index (χ4n) is 3.35. The zero-order chi connectivity index (χ0) is 22.0. The first-order valence-electron chi connectivity index (χ1n) is 10.2. The third-order valence-corrected chi connectivity index (χ3v) is 5.12. The summed E-state index contributed by atoms with van der Waals surface area (Å²) in [5.74, 6) is 0.824. The molecule has 2 aliphatic rings. The number of anilines is 3. The number of rotatable bonds is 6. The molecule has 1 aromatic heterocycles. The number of carbonyl (C=O) groups excluding carboxylic acids is 1. The van der Waals surface area contributed by atoms with Gasteiger partial charge in [0.25, 0.3) is 0 Å². The van der Waals surface area contributed by atoms with Crippen molar-refractivity contribution in [1.29, 1.82) is 0 Å². The van der Waals surface area contributed by atoms with Gasteiger partial charge in [0.1, 0.15) is 0 Å². The molecule has 11 heteroatoms. The standard InChI is InChI=1S/C20H23F3N6O2/c1-2-31-19-26-17(24-15-5-3-4-14(12-15)20(21,22)23)25-18(27-19)29-10-8-28(9-11-29)16(30)13-6-7-13/h3-5,12-13H,2,6-11H2,1H3,(H,24,25,26,27). The predicted molar refractivity (Wildman–Crippen MR) is 107 cm³/mol. The van der Waals surface area contributed by atoms with Gasteiger partial charge >= 0.3 is 12.2 Å². The Morgan fingerprint density at radius 1 is 1.16 bits per heavy atom. The van der Waals surface area contributed by atoms with Gasteiger partial charge in [-0.1, -0.05) is 6.07 Å². The minimum absolute atomic E-state index is 0.0819. The Bertz CT molecular complexity index is 943. The molecule has 2 heterocycles. The lowest BCUT2D eigenvalue weighted by Gasteiger charge is -2.34. The van der Waals surface area contributed by atoms with Crippen molar-refractivity contribution in [3.63, 3.8) is 0 Å². The van der Waals surface area contributed by atoms with E-state index in [1.807, 2.05) is 9.80 Å². The van der Waals surface area contributed by atoms with Gasteiger partial charge in [-0.3, -0.25) is 4.79 Å². The highest BCUT2D eigenvalue weighted by Gasteiger charge is 2.35. The number of carbonyl (C=O) groups is 1. The molecule has 0 radical (unpaired) electrons. The highest BCUT2D eigenvalue weighted by molar-refractivity contribution is 5.81. The molecule has 2 fully saturated rings. The maximum Gasteiger partial charge on any atom is 0.416 e. The fourth-order valence-corrected chi connectivity index (χ4v) is 3.35. The van der Waals surface area contributed by atoms with Crippen LogP contribution in [0, 0.1) is 5.92 Å². The minimum Gasteiger partial charge on any atom is -0.464 e. The van der Waals surface area contributed by atoms with Crippen molar-refractivity contribution in [1.82, 2.24) is 19.9 Å². The van der Waals surface area contributed by atoms with Crippen LogP contribution in [-0.2, 0) is 11.0 Å². The summed E-state index contributed by atoms with van der Waals surface area (Å²) in [4.78, 5) is 28.9. The molecule has 166 valence electrons. The molecule has 0 unspecified atom stereocenters. The van der Waals surface area contributed by atoms with E-state index in [-0.39, 0.29) is 29.5 Å². The number of amides is 1. The van der Waals surface area contributed by atoms with Crippen molar-refractivity contribution < 1.29 is 22.7 Å². The van der Waals surface area contributed by atoms with Crippen LogP contribution >= 0.6 is 0 Å². The molecule has 1 aliphatic heterocycles. The van der Waals surface area contributed by atoms with Crippen LogP contribution in [-0.4, -0.2) is 58.5 Å². The zero-order valence-corrected chi connectivity index (χ0v) is 17.0. The third-order valence-electron chi connectivity index (χ3n) is 5.12. The van der Waals surface area contributed by atoms with Crippen LogP contribution in [0.4, 0.5) is 30.8 Å². The number of nitrogens with zero attached hydrogens (tertiary/aromatic N) is 5. The summed E-state index contributed by atoms with van der Waals surface area (Å²) in [5.41, 5.74) is -0.567. The largest absolute Gasteiger partial charge is 0.464 e. The van der Waals surface area contributed by atoms with Gasteiger partial charge in [0.2, 0.25) is 17.8 Å². The first-order chi connectivity index (χ1) is 14.8. The highest BCUT2D eigenvalue weighted by Crippen LogP contribution is 2.32. The third kappa shape index (κ3) is 5.15. The van der Waals surface area contributed by atoms with Gasteiger partial charge in [0.15, 0.2) is 0 Å². The molecule has 1 saturated heterocycles. The lowest BCUT2D eigenvalue weighted by Crippen LogP contribution is -2.49. The highest BCUT2D eigenvalue weighted by atomic mass is 19.4. The van der Waals surface area contributed by atoms with E-state index in [0.29, 0.717) is 38.7 Å². The number of ether oxygens (including phenoxy) is 1. The Morgan fingerprint density at radius 3 is 2.55 bits per heavy atom. The Balaban J connectivity index is 1.51. The van der Waals surface area contributed by atoms with Crippen molar-refractivity contribution in [2.45, 2.75) is 25.9 Å².